The number of alkyl halides is 8. The summed E-state index contributed by atoms with van der Waals surface area (Å²) >= 11 is 0. The maximum atomic E-state index is 14.2. The van der Waals surface area contributed by atoms with E-state index in [9.17, 15) is 39.9 Å². The molecule has 182 valence electrons. The van der Waals surface area contributed by atoms with Crippen molar-refractivity contribution in [2.75, 3.05) is 11.1 Å². The van der Waals surface area contributed by atoms with Gasteiger partial charge in [-0.2, -0.15) is 40.2 Å². The van der Waals surface area contributed by atoms with Crippen LogP contribution in [-0.4, -0.2) is 21.9 Å². The Kier molecular flexibility index (Phi) is 6.33. The van der Waals surface area contributed by atoms with E-state index in [1.165, 1.54) is 12.1 Å². The largest absolute Gasteiger partial charge is 0.459 e. The van der Waals surface area contributed by atoms with E-state index in [-0.39, 0.29) is 12.2 Å². The second kappa shape index (κ2) is 8.61. The number of carbonyl (C=O) groups is 1. The van der Waals surface area contributed by atoms with E-state index in [4.69, 9.17) is 5.73 Å². The quantitative estimate of drug-likeness (QED) is 0.352. The van der Waals surface area contributed by atoms with E-state index in [1.807, 2.05) is 5.32 Å². The van der Waals surface area contributed by atoms with Crippen LogP contribution in [0.4, 0.5) is 46.5 Å². The lowest BCUT2D eigenvalue weighted by molar-refractivity contribution is -0.291. The maximum absolute atomic E-state index is 14.2. The fourth-order valence-electron chi connectivity index (χ4n) is 3.00. The molecular weight excluding hydrogens is 476 g/mol. The fourth-order valence-corrected chi connectivity index (χ4v) is 3.00. The molecule has 0 spiro atoms. The van der Waals surface area contributed by atoms with E-state index in [0.717, 1.165) is 16.8 Å². The maximum Gasteiger partial charge on any atom is 0.459 e. The van der Waals surface area contributed by atoms with Gasteiger partial charge < -0.3 is 11.1 Å². The van der Waals surface area contributed by atoms with Gasteiger partial charge in [0.25, 0.3) is 5.91 Å². The summed E-state index contributed by atoms with van der Waals surface area (Å²) in [6.45, 7) is 1.41. The zero-order valence-corrected chi connectivity index (χ0v) is 17.2. The summed E-state index contributed by atoms with van der Waals surface area (Å²) in [6.07, 6.45) is -10.0. The van der Waals surface area contributed by atoms with Crippen LogP contribution in [0.2, 0.25) is 0 Å². The van der Waals surface area contributed by atoms with Gasteiger partial charge in [0.05, 0.1) is 17.7 Å². The molecule has 0 bridgehead atoms. The van der Waals surface area contributed by atoms with E-state index in [0.29, 0.717) is 35.1 Å². The van der Waals surface area contributed by atoms with Crippen molar-refractivity contribution in [1.29, 1.82) is 0 Å². The molecule has 0 aliphatic carbocycles. The molecule has 0 saturated carbocycles. The van der Waals surface area contributed by atoms with Crippen molar-refractivity contribution in [2.24, 2.45) is 0 Å². The fraction of sp³-hybridized carbons (Fsp3) is 0.238. The van der Waals surface area contributed by atoms with Crippen LogP contribution < -0.4 is 11.1 Å². The lowest BCUT2D eigenvalue weighted by Crippen LogP contribution is -2.36. The first-order valence-electron chi connectivity index (χ1n) is 9.45. The minimum Gasteiger partial charge on any atom is -0.399 e. The van der Waals surface area contributed by atoms with Crippen molar-refractivity contribution in [1.82, 2.24) is 9.78 Å². The summed E-state index contributed by atoms with van der Waals surface area (Å²) in [7, 11) is 0. The number of rotatable bonds is 5. The molecule has 0 unspecified atom stereocenters. The molecule has 0 atom stereocenters. The standard InChI is InChI=1S/C21H16F8N4O/c1-11-8-12(2-7-16(11)30)9-33-10-15(17(32-33)19(22,23)21(27,28)29)18(34)31-14-5-3-13(4-6-14)20(24,25)26/h2-8,10H,9,30H2,1H3,(H,31,34). The average Bonchev–Trinajstić information content (AvgIpc) is 3.14. The van der Waals surface area contributed by atoms with Crippen LogP contribution in [0.25, 0.3) is 0 Å². The first kappa shape index (κ1) is 25.0. The Hall–Kier alpha value is -3.64. The first-order valence-corrected chi connectivity index (χ1v) is 9.45. The number of carbonyl (C=O) groups excluding carboxylic acids is 1. The Bertz CT molecular complexity index is 1200. The van der Waals surface area contributed by atoms with Crippen molar-refractivity contribution in [2.45, 2.75) is 31.7 Å². The van der Waals surface area contributed by atoms with Gasteiger partial charge in [0.2, 0.25) is 0 Å². The van der Waals surface area contributed by atoms with Crippen LogP contribution in [0.1, 0.15) is 32.7 Å². The normalized spacial score (nSPS) is 12.6. The van der Waals surface area contributed by atoms with Gasteiger partial charge in [0.15, 0.2) is 5.69 Å². The van der Waals surface area contributed by atoms with Gasteiger partial charge in [-0.3, -0.25) is 9.48 Å². The third kappa shape index (κ3) is 5.13. The number of nitrogen functional groups attached to an aromatic ring is 1. The lowest BCUT2D eigenvalue weighted by Gasteiger charge is -2.18. The molecule has 0 aliphatic rings. The van der Waals surface area contributed by atoms with Crippen LogP contribution in [0.15, 0.2) is 48.7 Å². The number of anilines is 2. The van der Waals surface area contributed by atoms with E-state index in [1.54, 1.807) is 13.0 Å². The van der Waals surface area contributed by atoms with E-state index < -0.39 is 41.0 Å². The molecule has 2 aromatic carbocycles. The third-order valence-electron chi connectivity index (χ3n) is 4.81. The van der Waals surface area contributed by atoms with Crippen molar-refractivity contribution >= 4 is 17.3 Å². The number of benzene rings is 2. The van der Waals surface area contributed by atoms with Gasteiger partial charge in [0.1, 0.15) is 0 Å². The highest BCUT2D eigenvalue weighted by Gasteiger charge is 2.62. The van der Waals surface area contributed by atoms with E-state index >= 15 is 0 Å². The predicted octanol–water partition coefficient (Wildman–Crippen LogP) is 5.75. The van der Waals surface area contributed by atoms with Crippen molar-refractivity contribution in [3.63, 3.8) is 0 Å². The Morgan fingerprint density at radius 2 is 1.62 bits per heavy atom. The lowest BCUT2D eigenvalue weighted by atomic mass is 10.1. The number of aromatic nitrogens is 2. The molecule has 3 rings (SSSR count). The predicted molar refractivity (Wildman–Crippen MR) is 106 cm³/mol. The van der Waals surface area contributed by atoms with Crippen LogP contribution in [-0.2, 0) is 18.6 Å². The number of nitrogens with zero attached hydrogens (tertiary/aromatic N) is 2. The second-order valence-corrected chi connectivity index (χ2v) is 7.38. The molecule has 0 saturated heterocycles. The smallest absolute Gasteiger partial charge is 0.399 e. The van der Waals surface area contributed by atoms with Crippen LogP contribution >= 0.6 is 0 Å². The molecule has 1 amide bonds. The molecule has 0 aliphatic heterocycles. The van der Waals surface area contributed by atoms with Gasteiger partial charge >= 0.3 is 18.3 Å². The monoisotopic (exact) mass is 492 g/mol. The number of hydrogen-bond donors (Lipinski definition) is 2. The number of nitrogens with two attached hydrogens (primary N) is 1. The summed E-state index contributed by atoms with van der Waals surface area (Å²) in [4.78, 5) is 12.6. The van der Waals surface area contributed by atoms with Crippen molar-refractivity contribution in [3.8, 4) is 0 Å². The van der Waals surface area contributed by atoms with Crippen LogP contribution in [0.3, 0.4) is 0 Å². The molecule has 1 heterocycles. The molecule has 34 heavy (non-hydrogen) atoms. The minimum atomic E-state index is -6.05. The molecule has 3 N–H and O–H groups in total. The van der Waals surface area contributed by atoms with Crippen molar-refractivity contribution in [3.05, 3.63) is 76.6 Å². The molecule has 3 aromatic rings. The first-order chi connectivity index (χ1) is 15.6. The Morgan fingerprint density at radius 3 is 2.15 bits per heavy atom. The summed E-state index contributed by atoms with van der Waals surface area (Å²) < 4.78 is 106. The minimum absolute atomic E-state index is 0.249. The molecule has 0 radical (unpaired) electrons. The molecule has 5 nitrogen and oxygen atoms in total. The summed E-state index contributed by atoms with van der Waals surface area (Å²) in [5.41, 5.74) is 3.01. The number of halogens is 8. The average molecular weight is 492 g/mol. The zero-order chi connectivity index (χ0) is 25.5. The Labute approximate surface area is 187 Å². The van der Waals surface area contributed by atoms with E-state index in [2.05, 4.69) is 5.10 Å². The van der Waals surface area contributed by atoms with Gasteiger partial charge in [0, 0.05) is 17.6 Å². The Morgan fingerprint density at radius 1 is 1.00 bits per heavy atom. The van der Waals surface area contributed by atoms with Gasteiger partial charge in [-0.05, 0) is 48.4 Å². The molecule has 1 aromatic heterocycles. The topological polar surface area (TPSA) is 72.9 Å². The van der Waals surface area contributed by atoms with Gasteiger partial charge in [-0.25, -0.2) is 0 Å². The third-order valence-corrected chi connectivity index (χ3v) is 4.81. The number of nitrogens with one attached hydrogen (secondary N) is 1. The highest BCUT2D eigenvalue weighted by Crippen LogP contribution is 2.44. The van der Waals surface area contributed by atoms with Gasteiger partial charge in [-0.15, -0.1) is 0 Å². The number of aryl methyl sites for hydroxylation is 1. The molecule has 13 heteroatoms. The number of hydrogen-bond acceptors (Lipinski definition) is 3. The summed E-state index contributed by atoms with van der Waals surface area (Å²) in [6, 6.07) is 7.50. The van der Waals surface area contributed by atoms with Crippen LogP contribution in [0.5, 0.6) is 0 Å². The summed E-state index contributed by atoms with van der Waals surface area (Å²) in [5, 5.41) is 5.33. The van der Waals surface area contributed by atoms with Gasteiger partial charge in [-0.1, -0.05) is 12.1 Å². The highest BCUT2D eigenvalue weighted by molar-refractivity contribution is 6.05. The Balaban J connectivity index is 1.96. The molecule has 0 fully saturated rings. The van der Waals surface area contributed by atoms with Crippen molar-refractivity contribution < 1.29 is 39.9 Å². The molecular formula is C21H16F8N4O. The second-order valence-electron chi connectivity index (χ2n) is 7.38. The SMILES string of the molecule is Cc1cc(Cn2cc(C(=O)Nc3ccc(C(F)(F)F)cc3)c(C(F)(F)C(F)(F)F)n2)ccc1N. The zero-order valence-electron chi connectivity index (χ0n) is 17.2. The van der Waals surface area contributed by atoms with Crippen LogP contribution in [0, 0.1) is 6.92 Å². The summed E-state index contributed by atoms with van der Waals surface area (Å²) in [5.74, 6) is -6.87. The highest BCUT2D eigenvalue weighted by atomic mass is 19.4. The number of amides is 1.